The second-order valence-electron chi connectivity index (χ2n) is 5.13. The predicted molar refractivity (Wildman–Crippen MR) is 72.3 cm³/mol. The van der Waals surface area contributed by atoms with Crippen molar-refractivity contribution in [3.8, 4) is 0 Å². The molecular weight excluding hydrogens is 234 g/mol. The molecule has 2 unspecified atom stereocenters. The minimum atomic E-state index is -0.272. The van der Waals surface area contributed by atoms with Crippen LogP contribution < -0.4 is 11.1 Å². The van der Waals surface area contributed by atoms with Crippen LogP contribution >= 0.6 is 11.8 Å². The molecule has 4 nitrogen and oxygen atoms in total. The van der Waals surface area contributed by atoms with E-state index >= 15 is 0 Å². The van der Waals surface area contributed by atoms with Crippen LogP contribution in [0.25, 0.3) is 0 Å². The number of primary amides is 1. The van der Waals surface area contributed by atoms with Crippen molar-refractivity contribution in [1.29, 1.82) is 0 Å². The highest BCUT2D eigenvalue weighted by Gasteiger charge is 2.28. The van der Waals surface area contributed by atoms with Crippen LogP contribution in [-0.4, -0.2) is 47.6 Å². The van der Waals surface area contributed by atoms with Gasteiger partial charge in [0, 0.05) is 30.4 Å². The molecule has 1 aliphatic heterocycles. The van der Waals surface area contributed by atoms with Gasteiger partial charge in [0.25, 0.3) is 0 Å². The average molecular weight is 257 g/mol. The van der Waals surface area contributed by atoms with E-state index in [2.05, 4.69) is 11.6 Å². The topological polar surface area (TPSA) is 58.4 Å². The molecule has 17 heavy (non-hydrogen) atoms. The van der Waals surface area contributed by atoms with Crippen LogP contribution in [0.5, 0.6) is 0 Å². The minimum absolute atomic E-state index is 0.272. The first-order valence-electron chi connectivity index (χ1n) is 6.52. The van der Waals surface area contributed by atoms with Crippen LogP contribution in [0.15, 0.2) is 0 Å². The maximum Gasteiger partial charge on any atom is 0.314 e. The molecule has 2 amide bonds. The van der Waals surface area contributed by atoms with Crippen molar-refractivity contribution < 1.29 is 4.79 Å². The van der Waals surface area contributed by atoms with Gasteiger partial charge in [-0.3, -0.25) is 0 Å². The predicted octanol–water partition coefficient (Wildman–Crippen LogP) is 1.40. The van der Waals surface area contributed by atoms with E-state index in [1.54, 1.807) is 4.90 Å². The fourth-order valence-electron chi connectivity index (χ4n) is 2.91. The maximum absolute atomic E-state index is 11.0. The Bertz CT molecular complexity index is 266. The van der Waals surface area contributed by atoms with Crippen LogP contribution in [0.3, 0.4) is 0 Å². The fraction of sp³-hybridized carbons (Fsp3) is 0.917. The summed E-state index contributed by atoms with van der Waals surface area (Å²) in [5, 5.41) is 4.60. The van der Waals surface area contributed by atoms with Gasteiger partial charge >= 0.3 is 6.03 Å². The summed E-state index contributed by atoms with van der Waals surface area (Å²) in [5.74, 6) is 0. The lowest BCUT2D eigenvalue weighted by Gasteiger charge is -2.33. The normalized spacial score (nSPS) is 30.8. The number of hydrogen-bond acceptors (Lipinski definition) is 3. The second kappa shape index (κ2) is 5.96. The SMILES string of the molecule is CSC1CCC(NC2CCN(C(N)=O)CC2)C1. The summed E-state index contributed by atoms with van der Waals surface area (Å²) in [7, 11) is 0. The Morgan fingerprint density at radius 1 is 1.24 bits per heavy atom. The van der Waals surface area contributed by atoms with Crippen LogP contribution in [0, 0.1) is 0 Å². The van der Waals surface area contributed by atoms with E-state index in [0.717, 1.165) is 31.2 Å². The summed E-state index contributed by atoms with van der Waals surface area (Å²) in [5.41, 5.74) is 5.28. The number of hydrogen-bond donors (Lipinski definition) is 2. The van der Waals surface area contributed by atoms with Gasteiger partial charge in [-0.25, -0.2) is 4.79 Å². The average Bonchev–Trinajstić information content (AvgIpc) is 2.77. The molecule has 98 valence electrons. The molecule has 0 aromatic carbocycles. The highest BCUT2D eigenvalue weighted by Crippen LogP contribution is 2.29. The van der Waals surface area contributed by atoms with Gasteiger partial charge in [-0.1, -0.05) is 0 Å². The fourth-order valence-corrected chi connectivity index (χ4v) is 3.70. The van der Waals surface area contributed by atoms with Gasteiger partial charge in [0.2, 0.25) is 0 Å². The quantitative estimate of drug-likeness (QED) is 0.803. The van der Waals surface area contributed by atoms with Crippen LogP contribution in [0.2, 0.25) is 0 Å². The molecule has 3 N–H and O–H groups in total. The Balaban J connectivity index is 1.70. The summed E-state index contributed by atoms with van der Waals surface area (Å²) in [6.07, 6.45) is 8.25. The molecule has 0 aromatic rings. The van der Waals surface area contributed by atoms with E-state index < -0.39 is 0 Å². The van der Waals surface area contributed by atoms with E-state index in [1.807, 2.05) is 11.8 Å². The molecule has 1 heterocycles. The molecule has 2 rings (SSSR count). The van der Waals surface area contributed by atoms with Crippen LogP contribution in [0.1, 0.15) is 32.1 Å². The summed E-state index contributed by atoms with van der Waals surface area (Å²) in [4.78, 5) is 12.8. The Labute approximate surface area is 108 Å². The van der Waals surface area contributed by atoms with E-state index in [1.165, 1.54) is 19.3 Å². The first-order valence-corrected chi connectivity index (χ1v) is 7.81. The van der Waals surface area contributed by atoms with E-state index in [0.29, 0.717) is 12.1 Å². The van der Waals surface area contributed by atoms with Gasteiger partial charge in [-0.2, -0.15) is 11.8 Å². The molecule has 1 aliphatic carbocycles. The lowest BCUT2D eigenvalue weighted by molar-refractivity contribution is 0.182. The Morgan fingerprint density at radius 3 is 2.47 bits per heavy atom. The van der Waals surface area contributed by atoms with Crippen molar-refractivity contribution in [3.05, 3.63) is 0 Å². The third kappa shape index (κ3) is 3.52. The molecule has 2 fully saturated rings. The summed E-state index contributed by atoms with van der Waals surface area (Å²) in [6, 6.07) is 1.00. The number of nitrogens with two attached hydrogens (primary N) is 1. The van der Waals surface area contributed by atoms with E-state index in [4.69, 9.17) is 5.73 Å². The van der Waals surface area contributed by atoms with Gasteiger partial charge in [-0.05, 0) is 38.4 Å². The van der Waals surface area contributed by atoms with Gasteiger partial charge in [-0.15, -0.1) is 0 Å². The molecule has 0 spiro atoms. The lowest BCUT2D eigenvalue weighted by Crippen LogP contribution is -2.48. The third-order valence-corrected chi connectivity index (χ3v) is 5.09. The van der Waals surface area contributed by atoms with Crippen molar-refractivity contribution in [3.63, 3.8) is 0 Å². The summed E-state index contributed by atoms with van der Waals surface area (Å²) in [6.45, 7) is 1.62. The molecule has 5 heteroatoms. The molecule has 0 aromatic heterocycles. The van der Waals surface area contributed by atoms with E-state index in [9.17, 15) is 4.79 Å². The lowest BCUT2D eigenvalue weighted by atomic mass is 10.0. The molecule has 0 bridgehead atoms. The number of urea groups is 1. The largest absolute Gasteiger partial charge is 0.351 e. The van der Waals surface area contributed by atoms with Crippen molar-refractivity contribution in [1.82, 2.24) is 10.2 Å². The maximum atomic E-state index is 11.0. The van der Waals surface area contributed by atoms with Crippen molar-refractivity contribution in [2.75, 3.05) is 19.3 Å². The first-order chi connectivity index (χ1) is 8.19. The second-order valence-corrected chi connectivity index (χ2v) is 6.27. The molecule has 2 aliphatic rings. The number of piperidine rings is 1. The van der Waals surface area contributed by atoms with Crippen molar-refractivity contribution >= 4 is 17.8 Å². The Kier molecular flexibility index (Phi) is 4.56. The highest BCUT2D eigenvalue weighted by molar-refractivity contribution is 7.99. The third-order valence-electron chi connectivity index (χ3n) is 4.00. The molecule has 1 saturated heterocycles. The van der Waals surface area contributed by atoms with Gasteiger partial charge in [0.1, 0.15) is 0 Å². The Morgan fingerprint density at radius 2 is 1.94 bits per heavy atom. The Hall–Kier alpha value is -0.420. The first kappa shape index (κ1) is 13.0. The standard InChI is InChI=1S/C12H23N3OS/c1-17-11-3-2-10(8-11)14-9-4-6-15(7-5-9)12(13)16/h9-11,14H,2-8H2,1H3,(H2,13,16). The number of nitrogens with one attached hydrogen (secondary N) is 1. The van der Waals surface area contributed by atoms with Gasteiger partial charge in [0.15, 0.2) is 0 Å². The number of thioether (sulfide) groups is 1. The van der Waals surface area contributed by atoms with Crippen molar-refractivity contribution in [2.24, 2.45) is 5.73 Å². The smallest absolute Gasteiger partial charge is 0.314 e. The van der Waals surface area contributed by atoms with Crippen LogP contribution in [0.4, 0.5) is 4.79 Å². The zero-order valence-corrected chi connectivity index (χ0v) is 11.3. The zero-order valence-electron chi connectivity index (χ0n) is 10.5. The zero-order chi connectivity index (χ0) is 12.3. The molecular formula is C12H23N3OS. The van der Waals surface area contributed by atoms with Crippen LogP contribution in [-0.2, 0) is 0 Å². The number of amides is 2. The molecule has 2 atom stereocenters. The van der Waals surface area contributed by atoms with Gasteiger partial charge < -0.3 is 16.0 Å². The number of rotatable bonds is 3. The highest BCUT2D eigenvalue weighted by atomic mass is 32.2. The van der Waals surface area contributed by atoms with Crippen molar-refractivity contribution in [2.45, 2.75) is 49.4 Å². The molecule has 1 saturated carbocycles. The number of carbonyl (C=O) groups excluding carboxylic acids is 1. The number of nitrogens with zero attached hydrogens (tertiary/aromatic N) is 1. The van der Waals surface area contributed by atoms with Gasteiger partial charge in [0.05, 0.1) is 0 Å². The summed E-state index contributed by atoms with van der Waals surface area (Å²) < 4.78 is 0. The monoisotopic (exact) mass is 257 g/mol. The number of likely N-dealkylation sites (tertiary alicyclic amines) is 1. The molecule has 0 radical (unpaired) electrons. The minimum Gasteiger partial charge on any atom is -0.351 e. The summed E-state index contributed by atoms with van der Waals surface area (Å²) >= 11 is 1.99. The number of carbonyl (C=O) groups is 1. The van der Waals surface area contributed by atoms with E-state index in [-0.39, 0.29) is 6.03 Å².